The maximum atomic E-state index is 11.5. The van der Waals surface area contributed by atoms with E-state index < -0.39 is 0 Å². The van der Waals surface area contributed by atoms with Crippen LogP contribution in [0.4, 0.5) is 0 Å². The van der Waals surface area contributed by atoms with Crippen molar-refractivity contribution < 1.29 is 9.53 Å². The molecule has 2 rings (SSSR count). The summed E-state index contributed by atoms with van der Waals surface area (Å²) in [7, 11) is 0. The molecule has 0 amide bonds. The zero-order chi connectivity index (χ0) is 10.7. The number of carbonyl (C=O) groups excluding carboxylic acids is 1. The smallest absolute Gasteiger partial charge is 0.306 e. The van der Waals surface area contributed by atoms with Gasteiger partial charge in [0.15, 0.2) is 0 Å². The van der Waals surface area contributed by atoms with Crippen LogP contribution in [0.25, 0.3) is 0 Å². The minimum absolute atomic E-state index is 0.0426. The first-order valence-corrected chi connectivity index (χ1v) is 6.49. The van der Waals surface area contributed by atoms with Crippen molar-refractivity contribution in [3.63, 3.8) is 0 Å². The molecule has 2 fully saturated rings. The van der Waals surface area contributed by atoms with Gasteiger partial charge in [-0.3, -0.25) is 4.79 Å². The Morgan fingerprint density at radius 2 is 2.13 bits per heavy atom. The van der Waals surface area contributed by atoms with E-state index in [-0.39, 0.29) is 12.1 Å². The second-order valence-electron chi connectivity index (χ2n) is 5.16. The molecule has 2 aliphatic carbocycles. The Bertz CT molecular complexity index is 225. The van der Waals surface area contributed by atoms with Gasteiger partial charge in [-0.2, -0.15) is 0 Å². The molecule has 2 heteroatoms. The van der Waals surface area contributed by atoms with Crippen LogP contribution >= 0.6 is 0 Å². The molecule has 0 spiro atoms. The van der Waals surface area contributed by atoms with Crippen molar-refractivity contribution in [3.05, 3.63) is 0 Å². The van der Waals surface area contributed by atoms with Crippen LogP contribution in [0.3, 0.4) is 0 Å². The lowest BCUT2D eigenvalue weighted by atomic mass is 9.98. The highest BCUT2D eigenvalue weighted by Gasteiger charge is 2.41. The van der Waals surface area contributed by atoms with E-state index in [1.54, 1.807) is 0 Å². The minimum atomic E-state index is 0.0426. The number of hydrogen-bond donors (Lipinski definition) is 0. The zero-order valence-electron chi connectivity index (χ0n) is 9.71. The third kappa shape index (κ3) is 2.73. The van der Waals surface area contributed by atoms with Crippen molar-refractivity contribution in [2.24, 2.45) is 11.8 Å². The Labute approximate surface area is 92.4 Å². The molecule has 0 aromatic carbocycles. The molecule has 2 aliphatic rings. The van der Waals surface area contributed by atoms with Gasteiger partial charge in [0.2, 0.25) is 0 Å². The number of hydrogen-bond acceptors (Lipinski definition) is 2. The first-order chi connectivity index (χ1) is 7.29. The third-order valence-corrected chi connectivity index (χ3v) is 3.94. The van der Waals surface area contributed by atoms with E-state index in [1.807, 2.05) is 0 Å². The lowest BCUT2D eigenvalue weighted by Gasteiger charge is -2.21. The Hall–Kier alpha value is -0.530. The lowest BCUT2D eigenvalue weighted by Crippen LogP contribution is -2.23. The molecular weight excluding hydrogens is 188 g/mol. The Balaban J connectivity index is 1.66. The van der Waals surface area contributed by atoms with Crippen molar-refractivity contribution in [1.82, 2.24) is 0 Å². The van der Waals surface area contributed by atoms with Gasteiger partial charge in [0, 0.05) is 6.42 Å². The fraction of sp³-hybridized carbons (Fsp3) is 0.923. The summed E-state index contributed by atoms with van der Waals surface area (Å²) in [6.45, 7) is 2.15. The second-order valence-corrected chi connectivity index (χ2v) is 5.16. The molecule has 15 heavy (non-hydrogen) atoms. The van der Waals surface area contributed by atoms with Crippen molar-refractivity contribution >= 4 is 5.97 Å². The van der Waals surface area contributed by atoms with Crippen molar-refractivity contribution in [3.8, 4) is 0 Å². The van der Waals surface area contributed by atoms with Crippen molar-refractivity contribution in [2.45, 2.75) is 64.4 Å². The lowest BCUT2D eigenvalue weighted by molar-refractivity contribution is -0.151. The molecule has 0 N–H and O–H groups in total. The molecular formula is C13H22O2. The highest BCUT2D eigenvalue weighted by atomic mass is 16.5. The standard InChI is InChI=1S/C13H22O2/c1-2-3-4-5-13(14)15-12-9-10-6-7-11(12)8-10/h10-12H,2-9H2,1H3/t10-,11-,12-/m1/s1. The normalized spacial score (nSPS) is 33.3. The molecule has 0 aromatic heterocycles. The fourth-order valence-corrected chi connectivity index (χ4v) is 3.08. The average molecular weight is 210 g/mol. The summed E-state index contributed by atoms with van der Waals surface area (Å²) in [6.07, 6.45) is 9.33. The Morgan fingerprint density at radius 3 is 2.73 bits per heavy atom. The number of rotatable bonds is 5. The SMILES string of the molecule is CCCCCC(=O)O[C@@H]1C[C@@H]2CC[C@@H]1C2. The molecule has 2 nitrogen and oxygen atoms in total. The average Bonchev–Trinajstić information content (AvgIpc) is 2.79. The Kier molecular flexibility index (Phi) is 3.66. The van der Waals surface area contributed by atoms with E-state index in [0.717, 1.165) is 25.2 Å². The van der Waals surface area contributed by atoms with Gasteiger partial charge in [0.25, 0.3) is 0 Å². The van der Waals surface area contributed by atoms with Gasteiger partial charge in [-0.1, -0.05) is 19.8 Å². The summed E-state index contributed by atoms with van der Waals surface area (Å²) >= 11 is 0. The summed E-state index contributed by atoms with van der Waals surface area (Å²) in [6, 6.07) is 0. The quantitative estimate of drug-likeness (QED) is 0.514. The third-order valence-electron chi connectivity index (χ3n) is 3.94. The first-order valence-electron chi connectivity index (χ1n) is 6.49. The van der Waals surface area contributed by atoms with Gasteiger partial charge < -0.3 is 4.74 Å². The van der Waals surface area contributed by atoms with Gasteiger partial charge in [0.05, 0.1) is 0 Å². The van der Waals surface area contributed by atoms with Gasteiger partial charge in [-0.25, -0.2) is 0 Å². The maximum absolute atomic E-state index is 11.5. The number of ether oxygens (including phenoxy) is 1. The van der Waals surface area contributed by atoms with E-state index in [2.05, 4.69) is 6.92 Å². The number of carbonyl (C=O) groups is 1. The molecule has 0 aromatic rings. The first kappa shape index (κ1) is 11.0. The van der Waals surface area contributed by atoms with Crippen molar-refractivity contribution in [1.29, 1.82) is 0 Å². The molecule has 0 radical (unpaired) electrons. The van der Waals surface area contributed by atoms with Gasteiger partial charge in [-0.05, 0) is 43.9 Å². The van der Waals surface area contributed by atoms with Gasteiger partial charge in [0.1, 0.15) is 6.10 Å². The van der Waals surface area contributed by atoms with Crippen LogP contribution in [0.5, 0.6) is 0 Å². The summed E-state index contributed by atoms with van der Waals surface area (Å²) in [5.41, 5.74) is 0. The van der Waals surface area contributed by atoms with E-state index in [9.17, 15) is 4.79 Å². The van der Waals surface area contributed by atoms with Crippen LogP contribution in [0.2, 0.25) is 0 Å². The molecule has 3 atom stereocenters. The number of esters is 1. The zero-order valence-corrected chi connectivity index (χ0v) is 9.71. The predicted molar refractivity (Wildman–Crippen MR) is 59.5 cm³/mol. The minimum Gasteiger partial charge on any atom is -0.462 e. The maximum Gasteiger partial charge on any atom is 0.306 e. The molecule has 2 bridgehead atoms. The summed E-state index contributed by atoms with van der Waals surface area (Å²) in [5.74, 6) is 1.61. The largest absolute Gasteiger partial charge is 0.462 e. The molecule has 0 saturated heterocycles. The van der Waals surface area contributed by atoms with Crippen LogP contribution < -0.4 is 0 Å². The summed E-state index contributed by atoms with van der Waals surface area (Å²) in [4.78, 5) is 11.5. The van der Waals surface area contributed by atoms with Crippen LogP contribution in [-0.4, -0.2) is 12.1 Å². The van der Waals surface area contributed by atoms with Gasteiger partial charge in [-0.15, -0.1) is 0 Å². The van der Waals surface area contributed by atoms with Crippen molar-refractivity contribution in [2.75, 3.05) is 0 Å². The molecule has 0 unspecified atom stereocenters. The number of fused-ring (bicyclic) bond motifs is 2. The summed E-state index contributed by atoms with van der Waals surface area (Å²) in [5, 5.41) is 0. The van der Waals surface area contributed by atoms with E-state index >= 15 is 0 Å². The topological polar surface area (TPSA) is 26.3 Å². The molecule has 2 saturated carbocycles. The summed E-state index contributed by atoms with van der Waals surface area (Å²) < 4.78 is 5.55. The predicted octanol–water partition coefficient (Wildman–Crippen LogP) is 3.30. The number of unbranched alkanes of at least 4 members (excludes halogenated alkanes) is 2. The molecule has 0 aliphatic heterocycles. The molecule has 0 heterocycles. The highest BCUT2D eigenvalue weighted by molar-refractivity contribution is 5.69. The fourth-order valence-electron chi connectivity index (χ4n) is 3.08. The van der Waals surface area contributed by atoms with Crippen LogP contribution in [0, 0.1) is 11.8 Å². The van der Waals surface area contributed by atoms with Crippen LogP contribution in [0.1, 0.15) is 58.3 Å². The monoisotopic (exact) mass is 210 g/mol. The van der Waals surface area contributed by atoms with Gasteiger partial charge >= 0.3 is 5.97 Å². The van der Waals surface area contributed by atoms with Crippen LogP contribution in [-0.2, 0) is 9.53 Å². The molecule has 86 valence electrons. The van der Waals surface area contributed by atoms with Crippen LogP contribution in [0.15, 0.2) is 0 Å². The van der Waals surface area contributed by atoms with E-state index in [4.69, 9.17) is 4.74 Å². The van der Waals surface area contributed by atoms with E-state index in [1.165, 1.54) is 25.7 Å². The Morgan fingerprint density at radius 1 is 1.27 bits per heavy atom. The highest BCUT2D eigenvalue weighted by Crippen LogP contribution is 2.45. The second kappa shape index (κ2) is 5.00. The van der Waals surface area contributed by atoms with E-state index in [0.29, 0.717) is 12.3 Å².